The summed E-state index contributed by atoms with van der Waals surface area (Å²) in [6.45, 7) is 8.51. The minimum absolute atomic E-state index is 0.0631. The maximum absolute atomic E-state index is 14.9. The topological polar surface area (TPSA) is 84.1 Å². The Kier molecular flexibility index (Phi) is 4.48. The number of alkyl carbamates (subject to hydrolysis) is 1. The molecule has 1 heterocycles. The molecule has 6 nitrogen and oxygen atoms in total. The molecule has 0 saturated heterocycles. The monoisotopic (exact) mass is 379 g/mol. The Morgan fingerprint density at radius 2 is 1.78 bits per heavy atom. The molecule has 1 aliphatic carbocycles. The first-order valence-corrected chi connectivity index (χ1v) is 8.78. The third-order valence-corrected chi connectivity index (χ3v) is 4.56. The van der Waals surface area contributed by atoms with Gasteiger partial charge in [0.2, 0.25) is 0 Å². The Balaban J connectivity index is 1.98. The summed E-state index contributed by atoms with van der Waals surface area (Å²) in [4.78, 5) is 30.1. The number of H-pyrrole nitrogens is 1. The highest BCUT2D eigenvalue weighted by Crippen LogP contribution is 2.36. The Morgan fingerprint density at radius 1 is 1.19 bits per heavy atom. The molecule has 0 saturated carbocycles. The number of rotatable bonds is 3. The highest BCUT2D eigenvalue weighted by atomic mass is 19.1. The first-order valence-electron chi connectivity index (χ1n) is 8.78. The molecular weight excluding hydrogens is 356 g/mol. The van der Waals surface area contributed by atoms with E-state index < -0.39 is 34.8 Å². The maximum atomic E-state index is 14.9. The van der Waals surface area contributed by atoms with E-state index >= 15 is 0 Å². The third-order valence-electron chi connectivity index (χ3n) is 4.56. The van der Waals surface area contributed by atoms with E-state index in [0.29, 0.717) is 0 Å². The first-order chi connectivity index (χ1) is 12.4. The predicted octanol–water partition coefficient (Wildman–Crippen LogP) is 3.51. The van der Waals surface area contributed by atoms with Crippen LogP contribution in [-0.4, -0.2) is 27.9 Å². The number of aldehydes is 1. The second kappa shape index (κ2) is 6.28. The van der Waals surface area contributed by atoms with E-state index in [4.69, 9.17) is 4.74 Å². The van der Waals surface area contributed by atoms with Crippen LogP contribution in [0.1, 0.15) is 51.6 Å². The van der Waals surface area contributed by atoms with Gasteiger partial charge in [0.25, 0.3) is 0 Å². The molecule has 1 amide bonds. The van der Waals surface area contributed by atoms with Gasteiger partial charge in [-0.15, -0.1) is 0 Å². The molecule has 3 rings (SSSR count). The van der Waals surface area contributed by atoms with Crippen molar-refractivity contribution in [1.82, 2.24) is 15.3 Å². The minimum atomic E-state index is -1.05. The number of carbonyl (C=O) groups is 2. The van der Waals surface area contributed by atoms with Gasteiger partial charge in [0.15, 0.2) is 11.6 Å². The van der Waals surface area contributed by atoms with Crippen LogP contribution in [0.2, 0.25) is 0 Å². The minimum Gasteiger partial charge on any atom is -0.444 e. The molecule has 146 valence electrons. The molecule has 1 aromatic carbocycles. The number of benzene rings is 1. The summed E-state index contributed by atoms with van der Waals surface area (Å²) < 4.78 is 35.0. The normalized spacial score (nSPS) is 15.1. The molecule has 2 aromatic rings. The number of amides is 1. The van der Waals surface area contributed by atoms with Crippen molar-refractivity contribution in [2.45, 2.75) is 58.6 Å². The van der Waals surface area contributed by atoms with Crippen molar-refractivity contribution >= 4 is 23.4 Å². The number of nitrogens with zero attached hydrogens (tertiary/aromatic N) is 1. The molecular formula is C19H23F2N3O3. The summed E-state index contributed by atoms with van der Waals surface area (Å²) in [5.41, 5.74) is -1.50. The zero-order chi connectivity index (χ0) is 20.1. The Bertz CT molecular complexity index is 880. The van der Waals surface area contributed by atoms with Gasteiger partial charge in [0, 0.05) is 5.92 Å². The first kappa shape index (κ1) is 19.3. The molecule has 0 aliphatic heterocycles. The number of nitrogens with one attached hydrogen (secondary N) is 2. The lowest BCUT2D eigenvalue weighted by Crippen LogP contribution is -2.44. The van der Waals surface area contributed by atoms with Crippen molar-refractivity contribution < 1.29 is 23.1 Å². The van der Waals surface area contributed by atoms with Crippen LogP contribution < -0.4 is 5.32 Å². The van der Waals surface area contributed by atoms with Crippen LogP contribution >= 0.6 is 0 Å². The lowest BCUT2D eigenvalue weighted by atomic mass is 10.1. The number of ether oxygens (including phenoxy) is 1. The molecule has 1 atom stereocenters. The van der Waals surface area contributed by atoms with Gasteiger partial charge in [-0.2, -0.15) is 0 Å². The molecule has 0 bridgehead atoms. The van der Waals surface area contributed by atoms with E-state index in [0.717, 1.165) is 6.29 Å². The fourth-order valence-corrected chi connectivity index (χ4v) is 3.28. The van der Waals surface area contributed by atoms with Gasteiger partial charge in [0.05, 0.1) is 5.54 Å². The average Bonchev–Trinajstić information content (AvgIpc) is 3.15. The fraction of sp³-hybridized carbons (Fsp3) is 0.526. The summed E-state index contributed by atoms with van der Waals surface area (Å²) in [6, 6.07) is 0. The second-order valence-electron chi connectivity index (χ2n) is 8.45. The van der Waals surface area contributed by atoms with Gasteiger partial charge >= 0.3 is 6.09 Å². The van der Waals surface area contributed by atoms with Gasteiger partial charge in [-0.05, 0) is 58.6 Å². The van der Waals surface area contributed by atoms with Crippen molar-refractivity contribution in [3.8, 4) is 0 Å². The summed E-state index contributed by atoms with van der Waals surface area (Å²) in [7, 11) is 0. The smallest absolute Gasteiger partial charge is 0.408 e. The molecule has 0 radical (unpaired) electrons. The number of carbonyl (C=O) groups excluding carboxylic acids is 2. The molecule has 1 aromatic heterocycles. The maximum Gasteiger partial charge on any atom is 0.408 e. The Hall–Kier alpha value is -2.51. The molecule has 1 aliphatic rings. The molecule has 0 fully saturated rings. The number of fused-ring (bicyclic) bond motifs is 2. The molecule has 1 unspecified atom stereocenters. The van der Waals surface area contributed by atoms with E-state index in [1.165, 1.54) is 0 Å². The highest BCUT2D eigenvalue weighted by molar-refractivity contribution is 5.80. The summed E-state index contributed by atoms with van der Waals surface area (Å²) in [5.74, 6) is -1.43. The Labute approximate surface area is 155 Å². The number of halogens is 2. The SMILES string of the molecule is CC(C)(C)OC(=O)NC(C)(C)c1nc2c(F)c3c(c(F)c2[nH]1)CC(C=O)C3. The van der Waals surface area contributed by atoms with Crippen LogP contribution in [0, 0.1) is 17.6 Å². The molecule has 27 heavy (non-hydrogen) atoms. The number of hydrogen-bond donors (Lipinski definition) is 2. The number of hydrogen-bond acceptors (Lipinski definition) is 4. The van der Waals surface area contributed by atoms with Gasteiger partial charge in [-0.1, -0.05) is 0 Å². The van der Waals surface area contributed by atoms with Crippen molar-refractivity contribution in [3.05, 3.63) is 28.6 Å². The van der Waals surface area contributed by atoms with Crippen LogP contribution in [0.25, 0.3) is 11.0 Å². The molecule has 8 heteroatoms. The van der Waals surface area contributed by atoms with E-state index in [9.17, 15) is 18.4 Å². The standard InChI is InChI=1S/C19H23F2N3O3/c1-18(2,3)27-17(26)24-19(4,5)16-22-14-12(20)10-6-9(8-25)7-11(10)13(21)15(14)23-16/h8-9H,6-7H2,1-5H3,(H,22,23)(H,24,26). The van der Waals surface area contributed by atoms with Crippen LogP contribution in [0.15, 0.2) is 0 Å². The van der Waals surface area contributed by atoms with E-state index in [-0.39, 0.29) is 40.8 Å². The van der Waals surface area contributed by atoms with E-state index in [2.05, 4.69) is 15.3 Å². The number of imidazole rings is 1. The Morgan fingerprint density at radius 3 is 2.33 bits per heavy atom. The quantitative estimate of drug-likeness (QED) is 0.800. The molecule has 0 spiro atoms. The number of aromatic amines is 1. The number of aromatic nitrogens is 2. The van der Waals surface area contributed by atoms with Crippen LogP contribution in [0.3, 0.4) is 0 Å². The fourth-order valence-electron chi connectivity index (χ4n) is 3.28. The lowest BCUT2D eigenvalue weighted by Gasteiger charge is -2.27. The lowest BCUT2D eigenvalue weighted by molar-refractivity contribution is -0.110. The predicted molar refractivity (Wildman–Crippen MR) is 95.4 cm³/mol. The van der Waals surface area contributed by atoms with Crippen LogP contribution in [0.4, 0.5) is 13.6 Å². The van der Waals surface area contributed by atoms with Crippen molar-refractivity contribution in [3.63, 3.8) is 0 Å². The second-order valence-corrected chi connectivity index (χ2v) is 8.45. The van der Waals surface area contributed by atoms with Crippen LogP contribution in [-0.2, 0) is 27.9 Å². The van der Waals surface area contributed by atoms with Crippen LogP contribution in [0.5, 0.6) is 0 Å². The van der Waals surface area contributed by atoms with Crippen molar-refractivity contribution in [2.24, 2.45) is 5.92 Å². The van der Waals surface area contributed by atoms with Gasteiger partial charge < -0.3 is 19.8 Å². The largest absolute Gasteiger partial charge is 0.444 e. The van der Waals surface area contributed by atoms with Crippen molar-refractivity contribution in [1.29, 1.82) is 0 Å². The van der Waals surface area contributed by atoms with E-state index in [1.807, 2.05) is 0 Å². The highest BCUT2D eigenvalue weighted by Gasteiger charge is 2.34. The van der Waals surface area contributed by atoms with E-state index in [1.54, 1.807) is 34.6 Å². The molecule has 2 N–H and O–H groups in total. The zero-order valence-corrected chi connectivity index (χ0v) is 16.0. The summed E-state index contributed by atoms with van der Waals surface area (Å²) in [5, 5.41) is 2.66. The zero-order valence-electron chi connectivity index (χ0n) is 16.0. The summed E-state index contributed by atoms with van der Waals surface area (Å²) >= 11 is 0. The average molecular weight is 379 g/mol. The van der Waals surface area contributed by atoms with Crippen molar-refractivity contribution in [2.75, 3.05) is 0 Å². The third kappa shape index (κ3) is 3.52. The van der Waals surface area contributed by atoms with Gasteiger partial charge in [0.1, 0.15) is 28.7 Å². The summed E-state index contributed by atoms with van der Waals surface area (Å²) in [6.07, 6.45) is 0.398. The van der Waals surface area contributed by atoms with Gasteiger partial charge in [-0.3, -0.25) is 0 Å². The van der Waals surface area contributed by atoms with Gasteiger partial charge in [-0.25, -0.2) is 18.6 Å².